The van der Waals surface area contributed by atoms with Gasteiger partial charge in [0.05, 0.1) is 0 Å². The Hall–Kier alpha value is -0.640. The first-order chi connectivity index (χ1) is 8.56. The molecule has 0 spiro atoms. The fourth-order valence-electron chi connectivity index (χ4n) is 1.80. The average Bonchev–Trinajstić information content (AvgIpc) is 2.77. The van der Waals surface area contributed by atoms with Crippen LogP contribution in [0.15, 0.2) is 34.8 Å². The van der Waals surface area contributed by atoms with Crippen LogP contribution in [-0.4, -0.2) is 0 Å². The summed E-state index contributed by atoms with van der Waals surface area (Å²) in [6.45, 7) is 7.38. The number of benzene rings is 1. The molecule has 96 valence electrons. The van der Waals surface area contributed by atoms with Crippen molar-refractivity contribution in [2.45, 2.75) is 33.4 Å². The molecule has 1 N–H and O–H groups in total. The summed E-state index contributed by atoms with van der Waals surface area (Å²) in [6.07, 6.45) is 0. The number of rotatable bonds is 4. The zero-order chi connectivity index (χ0) is 13.1. The Morgan fingerprint density at radius 1 is 1.22 bits per heavy atom. The monoisotopic (exact) mass is 323 g/mol. The van der Waals surface area contributed by atoms with E-state index in [0.717, 1.165) is 6.54 Å². The smallest absolute Gasteiger partial charge is 0.0388 e. The SMILES string of the molecule is Cc1ccc(C(C)NCc2ccc(C)c(Br)c2)s1. The standard InChI is InChI=1S/C15H18BrNS/c1-10-4-6-13(8-14(10)16)9-17-12(3)15-7-5-11(2)18-15/h4-8,12,17H,9H2,1-3H3. The molecule has 3 heteroatoms. The summed E-state index contributed by atoms with van der Waals surface area (Å²) >= 11 is 5.44. The number of halogens is 1. The third kappa shape index (κ3) is 3.44. The fraction of sp³-hybridized carbons (Fsp3) is 0.333. The first-order valence-corrected chi connectivity index (χ1v) is 7.72. The lowest BCUT2D eigenvalue weighted by Gasteiger charge is -2.12. The molecule has 0 saturated heterocycles. The van der Waals surface area contributed by atoms with Crippen molar-refractivity contribution in [1.82, 2.24) is 5.32 Å². The van der Waals surface area contributed by atoms with Gasteiger partial charge in [-0.2, -0.15) is 0 Å². The molecule has 18 heavy (non-hydrogen) atoms. The van der Waals surface area contributed by atoms with Gasteiger partial charge in [0.2, 0.25) is 0 Å². The Balaban J connectivity index is 1.97. The van der Waals surface area contributed by atoms with Crippen LogP contribution in [-0.2, 0) is 6.54 Å². The van der Waals surface area contributed by atoms with Crippen LogP contribution in [0.2, 0.25) is 0 Å². The Morgan fingerprint density at radius 3 is 2.61 bits per heavy atom. The Bertz CT molecular complexity index is 533. The van der Waals surface area contributed by atoms with E-state index in [-0.39, 0.29) is 0 Å². The molecular weight excluding hydrogens is 306 g/mol. The zero-order valence-corrected chi connectivity index (χ0v) is 13.4. The Kier molecular flexibility index (Phi) is 4.60. The van der Waals surface area contributed by atoms with Gasteiger partial charge < -0.3 is 5.32 Å². The molecule has 0 fully saturated rings. The van der Waals surface area contributed by atoms with Crippen molar-refractivity contribution in [2.75, 3.05) is 0 Å². The van der Waals surface area contributed by atoms with E-state index in [1.807, 2.05) is 11.3 Å². The lowest BCUT2D eigenvalue weighted by molar-refractivity contribution is 0.583. The first-order valence-electron chi connectivity index (χ1n) is 6.11. The highest BCUT2D eigenvalue weighted by molar-refractivity contribution is 9.10. The van der Waals surface area contributed by atoms with Gasteiger partial charge in [-0.15, -0.1) is 11.3 Å². The van der Waals surface area contributed by atoms with Crippen molar-refractivity contribution < 1.29 is 0 Å². The summed E-state index contributed by atoms with van der Waals surface area (Å²) in [4.78, 5) is 2.77. The van der Waals surface area contributed by atoms with Crippen LogP contribution >= 0.6 is 27.3 Å². The van der Waals surface area contributed by atoms with E-state index in [9.17, 15) is 0 Å². The second-order valence-electron chi connectivity index (χ2n) is 4.63. The van der Waals surface area contributed by atoms with Gasteiger partial charge in [0.15, 0.2) is 0 Å². The molecule has 1 heterocycles. The van der Waals surface area contributed by atoms with Crippen LogP contribution in [0.5, 0.6) is 0 Å². The van der Waals surface area contributed by atoms with E-state index in [1.165, 1.54) is 25.4 Å². The molecule has 1 aromatic heterocycles. The maximum atomic E-state index is 3.58. The third-order valence-corrected chi connectivity index (χ3v) is 5.07. The lowest BCUT2D eigenvalue weighted by atomic mass is 10.1. The van der Waals surface area contributed by atoms with E-state index in [0.29, 0.717) is 6.04 Å². The maximum Gasteiger partial charge on any atom is 0.0388 e. The highest BCUT2D eigenvalue weighted by Crippen LogP contribution is 2.23. The minimum absolute atomic E-state index is 0.406. The van der Waals surface area contributed by atoms with Gasteiger partial charge in [-0.25, -0.2) is 0 Å². The lowest BCUT2D eigenvalue weighted by Crippen LogP contribution is -2.17. The molecule has 1 nitrogen and oxygen atoms in total. The van der Waals surface area contributed by atoms with E-state index in [4.69, 9.17) is 0 Å². The van der Waals surface area contributed by atoms with Gasteiger partial charge in [0.1, 0.15) is 0 Å². The summed E-state index contributed by atoms with van der Waals surface area (Å²) in [6, 6.07) is 11.3. The van der Waals surface area contributed by atoms with E-state index in [1.54, 1.807) is 0 Å². The molecular formula is C15H18BrNS. The summed E-state index contributed by atoms with van der Waals surface area (Å²) in [5.41, 5.74) is 2.59. The number of nitrogens with one attached hydrogen (secondary N) is 1. The largest absolute Gasteiger partial charge is 0.305 e. The van der Waals surface area contributed by atoms with Gasteiger partial charge in [-0.1, -0.05) is 28.1 Å². The number of aryl methyl sites for hydroxylation is 2. The number of thiophene rings is 1. The molecule has 1 unspecified atom stereocenters. The predicted molar refractivity (Wildman–Crippen MR) is 83.2 cm³/mol. The number of hydrogen-bond donors (Lipinski definition) is 1. The third-order valence-electron chi connectivity index (χ3n) is 3.04. The van der Waals surface area contributed by atoms with Gasteiger partial charge in [-0.3, -0.25) is 0 Å². The molecule has 0 amide bonds. The van der Waals surface area contributed by atoms with Gasteiger partial charge in [0, 0.05) is 26.8 Å². The number of hydrogen-bond acceptors (Lipinski definition) is 2. The molecule has 0 aliphatic rings. The van der Waals surface area contributed by atoms with Crippen molar-refractivity contribution in [3.8, 4) is 0 Å². The normalized spacial score (nSPS) is 12.7. The van der Waals surface area contributed by atoms with Gasteiger partial charge >= 0.3 is 0 Å². The summed E-state index contributed by atoms with van der Waals surface area (Å²) in [5.74, 6) is 0. The van der Waals surface area contributed by atoms with Crippen molar-refractivity contribution in [2.24, 2.45) is 0 Å². The highest BCUT2D eigenvalue weighted by Gasteiger charge is 2.07. The Labute approximate surface area is 121 Å². The van der Waals surface area contributed by atoms with Crippen LogP contribution < -0.4 is 5.32 Å². The van der Waals surface area contributed by atoms with Crippen LogP contribution in [0, 0.1) is 13.8 Å². The van der Waals surface area contributed by atoms with Gasteiger partial charge in [0.25, 0.3) is 0 Å². The molecule has 0 aliphatic carbocycles. The second-order valence-corrected chi connectivity index (χ2v) is 6.81. The topological polar surface area (TPSA) is 12.0 Å². The molecule has 0 saturated carbocycles. The summed E-state index contributed by atoms with van der Waals surface area (Å²) in [7, 11) is 0. The van der Waals surface area contributed by atoms with E-state index < -0.39 is 0 Å². The van der Waals surface area contributed by atoms with Crippen molar-refractivity contribution in [3.05, 3.63) is 55.7 Å². The Morgan fingerprint density at radius 2 is 2.00 bits per heavy atom. The molecule has 1 atom stereocenters. The molecule has 0 aliphatic heterocycles. The molecule has 2 rings (SSSR count). The van der Waals surface area contributed by atoms with Crippen LogP contribution in [0.4, 0.5) is 0 Å². The molecule has 2 aromatic rings. The van der Waals surface area contributed by atoms with Crippen molar-refractivity contribution >= 4 is 27.3 Å². The van der Waals surface area contributed by atoms with E-state index >= 15 is 0 Å². The van der Waals surface area contributed by atoms with Crippen LogP contribution in [0.25, 0.3) is 0 Å². The van der Waals surface area contributed by atoms with Crippen LogP contribution in [0.3, 0.4) is 0 Å². The fourth-order valence-corrected chi connectivity index (χ4v) is 3.13. The van der Waals surface area contributed by atoms with Crippen molar-refractivity contribution in [1.29, 1.82) is 0 Å². The predicted octanol–water partition coefficient (Wildman–Crippen LogP) is 4.98. The first kappa shape index (κ1) is 13.8. The minimum atomic E-state index is 0.406. The molecule has 0 bridgehead atoms. The average molecular weight is 324 g/mol. The maximum absolute atomic E-state index is 3.58. The molecule has 1 aromatic carbocycles. The van der Waals surface area contributed by atoms with Crippen LogP contribution in [0.1, 0.15) is 33.8 Å². The van der Waals surface area contributed by atoms with E-state index in [2.05, 4.69) is 72.3 Å². The molecule has 0 radical (unpaired) electrons. The zero-order valence-electron chi connectivity index (χ0n) is 11.0. The highest BCUT2D eigenvalue weighted by atomic mass is 79.9. The quantitative estimate of drug-likeness (QED) is 0.836. The second kappa shape index (κ2) is 6.00. The van der Waals surface area contributed by atoms with Gasteiger partial charge in [-0.05, 0) is 50.1 Å². The summed E-state index contributed by atoms with van der Waals surface area (Å²) < 4.78 is 1.18. The van der Waals surface area contributed by atoms with Crippen molar-refractivity contribution in [3.63, 3.8) is 0 Å². The minimum Gasteiger partial charge on any atom is -0.305 e. The summed E-state index contributed by atoms with van der Waals surface area (Å²) in [5, 5.41) is 3.56.